The minimum absolute atomic E-state index is 0.109. The fraction of sp³-hybridized carbons (Fsp3) is 0.222. The van der Waals surface area contributed by atoms with Crippen LogP contribution in [0.5, 0.6) is 0 Å². The Balaban J connectivity index is 1.74. The summed E-state index contributed by atoms with van der Waals surface area (Å²) in [4.78, 5) is 24.6. The number of halogens is 1. The molecule has 0 aliphatic carbocycles. The van der Waals surface area contributed by atoms with Crippen LogP contribution < -0.4 is 10.9 Å². The van der Waals surface area contributed by atoms with Crippen LogP contribution in [0.3, 0.4) is 0 Å². The van der Waals surface area contributed by atoms with Crippen LogP contribution in [-0.2, 0) is 4.79 Å². The molecular formula is C18H19FN2O2S. The van der Waals surface area contributed by atoms with Crippen LogP contribution in [-0.4, -0.2) is 17.6 Å². The highest BCUT2D eigenvalue weighted by Crippen LogP contribution is 2.21. The van der Waals surface area contributed by atoms with E-state index in [4.69, 9.17) is 0 Å². The molecule has 0 unspecified atom stereocenters. The maximum Gasteiger partial charge on any atom is 0.272 e. The van der Waals surface area contributed by atoms with E-state index in [0.29, 0.717) is 5.75 Å². The van der Waals surface area contributed by atoms with E-state index in [9.17, 15) is 14.0 Å². The van der Waals surface area contributed by atoms with E-state index in [1.165, 1.54) is 29.3 Å². The second-order valence-corrected chi connectivity index (χ2v) is 6.50. The maximum atomic E-state index is 13.4. The summed E-state index contributed by atoms with van der Waals surface area (Å²) >= 11 is 1.57. The lowest BCUT2D eigenvalue weighted by molar-refractivity contribution is -0.121. The number of amides is 2. The van der Waals surface area contributed by atoms with Crippen LogP contribution in [0.1, 0.15) is 27.9 Å². The predicted octanol–water partition coefficient (Wildman–Crippen LogP) is 3.39. The third-order valence-corrected chi connectivity index (χ3v) is 4.51. The van der Waals surface area contributed by atoms with Crippen molar-refractivity contribution in [2.24, 2.45) is 0 Å². The monoisotopic (exact) mass is 346 g/mol. The smallest absolute Gasteiger partial charge is 0.272 e. The van der Waals surface area contributed by atoms with Crippen LogP contribution in [0.2, 0.25) is 0 Å². The van der Waals surface area contributed by atoms with E-state index in [1.807, 2.05) is 19.1 Å². The third kappa shape index (κ3) is 5.09. The molecule has 0 aromatic heterocycles. The Labute approximate surface area is 144 Å². The van der Waals surface area contributed by atoms with Gasteiger partial charge in [-0.1, -0.05) is 18.2 Å². The first-order chi connectivity index (χ1) is 11.5. The number of hydrogen-bond acceptors (Lipinski definition) is 3. The van der Waals surface area contributed by atoms with Gasteiger partial charge in [-0.15, -0.1) is 11.8 Å². The quantitative estimate of drug-likeness (QED) is 0.644. The van der Waals surface area contributed by atoms with E-state index in [0.717, 1.165) is 4.90 Å². The third-order valence-electron chi connectivity index (χ3n) is 3.51. The average molecular weight is 346 g/mol. The Morgan fingerprint density at radius 3 is 2.50 bits per heavy atom. The van der Waals surface area contributed by atoms with E-state index in [1.54, 1.807) is 17.8 Å². The summed E-state index contributed by atoms with van der Waals surface area (Å²) in [6.07, 6.45) is 0.245. The van der Waals surface area contributed by atoms with Gasteiger partial charge in [0.1, 0.15) is 5.82 Å². The molecule has 0 saturated heterocycles. The minimum Gasteiger partial charge on any atom is -0.273 e. The van der Waals surface area contributed by atoms with Gasteiger partial charge in [-0.05, 0) is 49.2 Å². The van der Waals surface area contributed by atoms with Crippen LogP contribution in [0.25, 0.3) is 0 Å². The molecular weight excluding hydrogens is 327 g/mol. The van der Waals surface area contributed by atoms with Gasteiger partial charge in [0.2, 0.25) is 5.91 Å². The number of carbonyl (C=O) groups excluding carboxylic acids is 2. The Bertz CT molecular complexity index is 750. The zero-order valence-electron chi connectivity index (χ0n) is 13.6. The van der Waals surface area contributed by atoms with Crippen molar-refractivity contribution in [3.05, 3.63) is 65.0 Å². The zero-order chi connectivity index (χ0) is 17.5. The molecule has 0 aliphatic rings. The number of carbonyl (C=O) groups is 2. The van der Waals surface area contributed by atoms with Crippen LogP contribution in [0, 0.1) is 19.7 Å². The lowest BCUT2D eigenvalue weighted by Crippen LogP contribution is -2.42. The largest absolute Gasteiger partial charge is 0.273 e. The lowest BCUT2D eigenvalue weighted by Gasteiger charge is -2.08. The standard InChI is InChI=1S/C18H19FN2O2S/c1-12-7-8-14(11-13(12)2)24-10-9-17(22)20-21-18(23)15-5-3-4-6-16(15)19/h3-8,11H,9-10H2,1-2H3,(H,20,22)(H,21,23). The number of thioether (sulfide) groups is 1. The molecule has 0 radical (unpaired) electrons. The molecule has 2 aromatic carbocycles. The van der Waals surface area contributed by atoms with Gasteiger partial charge in [-0.25, -0.2) is 4.39 Å². The molecule has 24 heavy (non-hydrogen) atoms. The SMILES string of the molecule is Cc1ccc(SCCC(=O)NNC(=O)c2ccccc2F)cc1C. The Morgan fingerprint density at radius 1 is 1.04 bits per heavy atom. The molecule has 2 rings (SSSR count). The van der Waals surface area contributed by atoms with Crippen molar-refractivity contribution in [1.82, 2.24) is 10.9 Å². The molecule has 0 spiro atoms. The molecule has 0 fully saturated rings. The molecule has 0 heterocycles. The average Bonchev–Trinajstić information content (AvgIpc) is 2.56. The Morgan fingerprint density at radius 2 is 1.79 bits per heavy atom. The first kappa shape index (κ1) is 18.0. The molecule has 2 amide bonds. The second kappa shape index (κ2) is 8.49. The first-order valence-corrected chi connectivity index (χ1v) is 8.49. The number of nitrogens with one attached hydrogen (secondary N) is 2. The molecule has 0 aliphatic heterocycles. The highest BCUT2D eigenvalue weighted by Gasteiger charge is 2.11. The number of benzene rings is 2. The van der Waals surface area contributed by atoms with Gasteiger partial charge in [0.25, 0.3) is 5.91 Å². The van der Waals surface area contributed by atoms with E-state index >= 15 is 0 Å². The van der Waals surface area contributed by atoms with Gasteiger partial charge in [-0.2, -0.15) is 0 Å². The molecule has 0 bridgehead atoms. The van der Waals surface area contributed by atoms with Crippen LogP contribution in [0.4, 0.5) is 4.39 Å². The van der Waals surface area contributed by atoms with E-state index in [2.05, 4.69) is 23.8 Å². The summed E-state index contributed by atoms with van der Waals surface area (Å²) in [7, 11) is 0. The fourth-order valence-corrected chi connectivity index (χ4v) is 2.91. The normalized spacial score (nSPS) is 10.3. The summed E-state index contributed by atoms with van der Waals surface area (Å²) < 4.78 is 13.4. The van der Waals surface area contributed by atoms with Gasteiger partial charge in [0.15, 0.2) is 0 Å². The summed E-state index contributed by atoms with van der Waals surface area (Å²) in [5.41, 5.74) is 6.84. The van der Waals surface area contributed by atoms with Gasteiger partial charge in [-0.3, -0.25) is 20.4 Å². The van der Waals surface area contributed by atoms with Crippen molar-refractivity contribution in [2.45, 2.75) is 25.2 Å². The summed E-state index contributed by atoms with van der Waals surface area (Å²) in [6.45, 7) is 4.10. The Kier molecular flexibility index (Phi) is 6.37. The van der Waals surface area contributed by atoms with Gasteiger partial charge in [0.05, 0.1) is 5.56 Å². The zero-order valence-corrected chi connectivity index (χ0v) is 14.4. The van der Waals surface area contributed by atoms with Crippen molar-refractivity contribution in [3.63, 3.8) is 0 Å². The van der Waals surface area contributed by atoms with Crippen LogP contribution in [0.15, 0.2) is 47.4 Å². The number of rotatable bonds is 5. The van der Waals surface area contributed by atoms with Crippen LogP contribution >= 0.6 is 11.8 Å². The first-order valence-electron chi connectivity index (χ1n) is 7.51. The highest BCUT2D eigenvalue weighted by molar-refractivity contribution is 7.99. The second-order valence-electron chi connectivity index (χ2n) is 5.33. The predicted molar refractivity (Wildman–Crippen MR) is 93.3 cm³/mol. The minimum atomic E-state index is -0.678. The van der Waals surface area contributed by atoms with Gasteiger partial charge < -0.3 is 0 Å². The maximum absolute atomic E-state index is 13.4. The molecule has 126 valence electrons. The molecule has 6 heteroatoms. The number of hydrazine groups is 1. The number of hydrogen-bond donors (Lipinski definition) is 2. The lowest BCUT2D eigenvalue weighted by atomic mass is 10.1. The van der Waals surface area contributed by atoms with Crippen molar-refractivity contribution in [3.8, 4) is 0 Å². The summed E-state index contributed by atoms with van der Waals surface area (Å²) in [5, 5.41) is 0. The van der Waals surface area contributed by atoms with Crippen molar-refractivity contribution in [2.75, 3.05) is 5.75 Å². The van der Waals surface area contributed by atoms with Crippen molar-refractivity contribution in [1.29, 1.82) is 0 Å². The molecule has 4 nitrogen and oxygen atoms in total. The molecule has 0 atom stereocenters. The molecule has 2 aromatic rings. The van der Waals surface area contributed by atoms with E-state index in [-0.39, 0.29) is 17.9 Å². The molecule has 0 saturated carbocycles. The van der Waals surface area contributed by atoms with E-state index < -0.39 is 11.7 Å². The van der Waals surface area contributed by atoms with Crippen molar-refractivity contribution >= 4 is 23.6 Å². The topological polar surface area (TPSA) is 58.2 Å². The van der Waals surface area contributed by atoms with Gasteiger partial charge in [0, 0.05) is 17.1 Å². The Hall–Kier alpha value is -2.34. The fourth-order valence-electron chi connectivity index (χ4n) is 1.97. The van der Waals surface area contributed by atoms with Gasteiger partial charge >= 0.3 is 0 Å². The number of aryl methyl sites for hydroxylation is 2. The summed E-state index contributed by atoms with van der Waals surface area (Å²) in [5.74, 6) is -1.04. The highest BCUT2D eigenvalue weighted by atomic mass is 32.2. The molecule has 2 N–H and O–H groups in total. The van der Waals surface area contributed by atoms with Crippen molar-refractivity contribution < 1.29 is 14.0 Å². The summed E-state index contributed by atoms with van der Waals surface area (Å²) in [6, 6.07) is 11.7.